The zero-order valence-corrected chi connectivity index (χ0v) is 19.6. The number of rotatable bonds is 5. The predicted molar refractivity (Wildman–Crippen MR) is 130 cm³/mol. The maximum atomic E-state index is 3.80. The highest BCUT2D eigenvalue weighted by Crippen LogP contribution is 2.33. The van der Waals surface area contributed by atoms with Gasteiger partial charge in [0, 0.05) is 14.9 Å². The average molecular weight is 496 g/mol. The average Bonchev–Trinajstić information content (AvgIpc) is 2.69. The van der Waals surface area contributed by atoms with Crippen LogP contribution in [-0.4, -0.2) is 0 Å². The van der Waals surface area contributed by atoms with Crippen LogP contribution >= 0.6 is 31.9 Å². The molecule has 0 aliphatic rings. The normalized spacial score (nSPS) is 13.5. The molecule has 0 fully saturated rings. The third-order valence-electron chi connectivity index (χ3n) is 4.77. The Bertz CT molecular complexity index is 915. The number of allylic oxidation sites excluding steroid dienone is 2. The summed E-state index contributed by atoms with van der Waals surface area (Å²) < 4.78 is 2.19. The van der Waals surface area contributed by atoms with Crippen LogP contribution < -0.4 is 0 Å². The first-order chi connectivity index (χ1) is 13.4. The Morgan fingerprint density at radius 2 is 0.893 bits per heavy atom. The molecule has 3 aromatic carbocycles. The zero-order valence-electron chi connectivity index (χ0n) is 16.4. The molecule has 0 aliphatic carbocycles. The van der Waals surface area contributed by atoms with Gasteiger partial charge >= 0.3 is 0 Å². The molecule has 142 valence electrons. The molecule has 1 unspecified atom stereocenters. The molecule has 0 nitrogen and oxygen atoms in total. The van der Waals surface area contributed by atoms with Gasteiger partial charge in [0.25, 0.3) is 0 Å². The van der Waals surface area contributed by atoms with Crippen molar-refractivity contribution in [1.29, 1.82) is 0 Å². The van der Waals surface area contributed by atoms with Crippen LogP contribution in [0.5, 0.6) is 0 Å². The van der Waals surface area contributed by atoms with Crippen molar-refractivity contribution in [3.05, 3.63) is 118 Å². The van der Waals surface area contributed by atoms with Gasteiger partial charge in [-0.3, -0.25) is 0 Å². The van der Waals surface area contributed by atoms with Crippen LogP contribution in [0.4, 0.5) is 0 Å². The van der Waals surface area contributed by atoms with E-state index < -0.39 is 0 Å². The molecule has 0 spiro atoms. The third kappa shape index (κ3) is 5.56. The summed E-state index contributed by atoms with van der Waals surface area (Å²) >= 11 is 7.59. The van der Waals surface area contributed by atoms with Gasteiger partial charge in [-0.1, -0.05) is 133 Å². The minimum atomic E-state index is 0.145. The van der Waals surface area contributed by atoms with Gasteiger partial charge in [0.2, 0.25) is 0 Å². The maximum Gasteiger partial charge on any atom is 0.0226 e. The second kappa shape index (κ2) is 9.54. The van der Waals surface area contributed by atoms with Crippen LogP contribution in [0.1, 0.15) is 39.3 Å². The fraction of sp³-hybridized carbons (Fsp3) is 0.154. The van der Waals surface area contributed by atoms with Crippen molar-refractivity contribution in [3.63, 3.8) is 0 Å². The van der Waals surface area contributed by atoms with Crippen molar-refractivity contribution < 1.29 is 0 Å². The zero-order chi connectivity index (χ0) is 20.1. The molecule has 0 aliphatic heterocycles. The fourth-order valence-electron chi connectivity index (χ4n) is 2.96. The third-order valence-corrected chi connectivity index (χ3v) is 6.21. The van der Waals surface area contributed by atoms with Crippen LogP contribution in [0.2, 0.25) is 0 Å². The summed E-state index contributed by atoms with van der Waals surface area (Å²) in [5.74, 6) is 0.145. The SMILES string of the molecule is Cc1ccc(/C(Br)=C/C(/C=C(/Br)c2ccc(C)cc2)c2ccc(C)cc2)cc1. The lowest BCUT2D eigenvalue weighted by Gasteiger charge is -2.13. The van der Waals surface area contributed by atoms with Gasteiger partial charge in [0.1, 0.15) is 0 Å². The van der Waals surface area contributed by atoms with Crippen molar-refractivity contribution in [3.8, 4) is 0 Å². The first-order valence-corrected chi connectivity index (χ1v) is 11.0. The standard InChI is InChI=1S/C26H24Br2/c1-18-4-10-21(11-5-18)24(16-25(27)22-12-6-19(2)7-13-22)17-26(28)23-14-8-20(3)9-15-23/h4-17,24H,1-3H3/b25-16-,26-17+. The molecule has 0 bridgehead atoms. The van der Waals surface area contributed by atoms with E-state index in [1.54, 1.807) is 0 Å². The van der Waals surface area contributed by atoms with Gasteiger partial charge in [-0.25, -0.2) is 0 Å². The first-order valence-electron chi connectivity index (χ1n) is 9.37. The number of halogens is 2. The van der Waals surface area contributed by atoms with E-state index in [-0.39, 0.29) is 5.92 Å². The molecular weight excluding hydrogens is 472 g/mol. The fourth-order valence-corrected chi connectivity index (χ4v) is 4.06. The maximum absolute atomic E-state index is 3.80. The number of hydrogen-bond acceptors (Lipinski definition) is 0. The van der Waals surface area contributed by atoms with Gasteiger partial charge in [0.15, 0.2) is 0 Å². The lowest BCUT2D eigenvalue weighted by Crippen LogP contribution is -1.94. The Labute approximate surface area is 185 Å². The highest BCUT2D eigenvalue weighted by Gasteiger charge is 2.10. The molecule has 0 aromatic heterocycles. The number of hydrogen-bond donors (Lipinski definition) is 0. The van der Waals surface area contributed by atoms with Crippen LogP contribution in [0.3, 0.4) is 0 Å². The molecule has 1 atom stereocenters. The van der Waals surface area contributed by atoms with E-state index in [0.29, 0.717) is 0 Å². The van der Waals surface area contributed by atoms with Crippen molar-refractivity contribution >= 4 is 40.8 Å². The minimum absolute atomic E-state index is 0.145. The molecule has 3 rings (SSSR count). The quantitative estimate of drug-likeness (QED) is 0.332. The molecule has 28 heavy (non-hydrogen) atoms. The second-order valence-electron chi connectivity index (χ2n) is 7.20. The molecule has 0 heterocycles. The molecule has 0 saturated carbocycles. The largest absolute Gasteiger partial charge is 0.0590 e. The Balaban J connectivity index is 2.00. The Morgan fingerprint density at radius 3 is 1.25 bits per heavy atom. The van der Waals surface area contributed by atoms with Gasteiger partial charge in [-0.05, 0) is 37.5 Å². The Hall–Kier alpha value is -1.90. The topological polar surface area (TPSA) is 0 Å². The van der Waals surface area contributed by atoms with E-state index in [0.717, 1.165) is 8.96 Å². The first kappa shape index (κ1) is 20.8. The number of benzene rings is 3. The van der Waals surface area contributed by atoms with Crippen LogP contribution in [0.25, 0.3) is 8.96 Å². The van der Waals surface area contributed by atoms with Crippen molar-refractivity contribution in [1.82, 2.24) is 0 Å². The molecule has 0 N–H and O–H groups in total. The van der Waals surface area contributed by atoms with Gasteiger partial charge in [-0.15, -0.1) is 0 Å². The Morgan fingerprint density at radius 1 is 0.571 bits per heavy atom. The Kier molecular flexibility index (Phi) is 7.09. The summed E-state index contributed by atoms with van der Waals surface area (Å²) in [7, 11) is 0. The van der Waals surface area contributed by atoms with Crippen molar-refractivity contribution in [2.75, 3.05) is 0 Å². The molecule has 0 saturated heterocycles. The van der Waals surface area contributed by atoms with Crippen LogP contribution in [-0.2, 0) is 0 Å². The van der Waals surface area contributed by atoms with E-state index in [1.165, 1.54) is 33.4 Å². The van der Waals surface area contributed by atoms with Crippen LogP contribution in [0.15, 0.2) is 84.9 Å². The lowest BCUT2D eigenvalue weighted by atomic mass is 9.95. The van der Waals surface area contributed by atoms with E-state index in [4.69, 9.17) is 0 Å². The molecular formula is C26H24Br2. The molecule has 2 heteroatoms. The summed E-state index contributed by atoms with van der Waals surface area (Å²) in [5, 5.41) is 0. The monoisotopic (exact) mass is 494 g/mol. The predicted octanol–water partition coefficient (Wildman–Crippen LogP) is 8.57. The second-order valence-corrected chi connectivity index (χ2v) is 8.91. The lowest BCUT2D eigenvalue weighted by molar-refractivity contribution is 1.09. The van der Waals surface area contributed by atoms with Gasteiger partial charge in [-0.2, -0.15) is 0 Å². The smallest absolute Gasteiger partial charge is 0.0226 e. The highest BCUT2D eigenvalue weighted by molar-refractivity contribution is 9.15. The molecule has 0 radical (unpaired) electrons. The molecule has 0 amide bonds. The summed E-state index contributed by atoms with van der Waals surface area (Å²) in [5.41, 5.74) is 7.43. The van der Waals surface area contributed by atoms with E-state index in [2.05, 4.69) is 138 Å². The highest BCUT2D eigenvalue weighted by atomic mass is 79.9. The van der Waals surface area contributed by atoms with E-state index in [9.17, 15) is 0 Å². The van der Waals surface area contributed by atoms with E-state index >= 15 is 0 Å². The van der Waals surface area contributed by atoms with Crippen LogP contribution in [0, 0.1) is 20.8 Å². The number of aryl methyl sites for hydroxylation is 3. The van der Waals surface area contributed by atoms with Gasteiger partial charge in [0.05, 0.1) is 0 Å². The minimum Gasteiger partial charge on any atom is -0.0590 e. The summed E-state index contributed by atoms with van der Waals surface area (Å²) in [4.78, 5) is 0. The summed E-state index contributed by atoms with van der Waals surface area (Å²) in [6.07, 6.45) is 4.54. The van der Waals surface area contributed by atoms with Crippen molar-refractivity contribution in [2.45, 2.75) is 26.7 Å². The van der Waals surface area contributed by atoms with E-state index in [1.807, 2.05) is 0 Å². The summed E-state index contributed by atoms with van der Waals surface area (Å²) in [6.45, 7) is 6.34. The van der Waals surface area contributed by atoms with Gasteiger partial charge < -0.3 is 0 Å². The van der Waals surface area contributed by atoms with Crippen molar-refractivity contribution in [2.24, 2.45) is 0 Å². The summed E-state index contributed by atoms with van der Waals surface area (Å²) in [6, 6.07) is 25.9. The molecule has 3 aromatic rings.